The molecule has 0 aromatic carbocycles. The largest absolute Gasteiger partial charge is 0.353 e. The van der Waals surface area contributed by atoms with Crippen molar-refractivity contribution in [3.8, 4) is 0 Å². The number of amides is 1. The van der Waals surface area contributed by atoms with Crippen LogP contribution in [0.25, 0.3) is 0 Å². The molecule has 0 aliphatic heterocycles. The van der Waals surface area contributed by atoms with Crippen molar-refractivity contribution in [1.82, 2.24) is 5.32 Å². The summed E-state index contributed by atoms with van der Waals surface area (Å²) in [6.07, 6.45) is 5.49. The van der Waals surface area contributed by atoms with Gasteiger partial charge in [0, 0.05) is 13.0 Å². The molecular weight excluding hydrogens is 174 g/mol. The first-order valence-corrected chi connectivity index (χ1v) is 5.36. The Balaban J connectivity index is 2.51. The van der Waals surface area contributed by atoms with E-state index in [-0.39, 0.29) is 5.91 Å². The molecule has 0 bridgehead atoms. The molecule has 0 fully saturated rings. The number of carbonyl (C=O) groups excluding carboxylic acids is 1. The van der Waals surface area contributed by atoms with Gasteiger partial charge in [0.1, 0.15) is 0 Å². The van der Waals surface area contributed by atoms with Crippen LogP contribution < -0.4 is 5.32 Å². The summed E-state index contributed by atoms with van der Waals surface area (Å²) < 4.78 is 0. The summed E-state index contributed by atoms with van der Waals surface area (Å²) in [5, 5.41) is 2.97. The topological polar surface area (TPSA) is 29.1 Å². The van der Waals surface area contributed by atoms with Crippen molar-refractivity contribution in [2.75, 3.05) is 0 Å². The molecule has 0 aromatic heterocycles. The summed E-state index contributed by atoms with van der Waals surface area (Å²) in [4.78, 5) is 10.9. The Bertz CT molecular complexity index is 248. The van der Waals surface area contributed by atoms with Crippen molar-refractivity contribution >= 4 is 5.91 Å². The zero-order valence-corrected chi connectivity index (χ0v) is 9.68. The lowest BCUT2D eigenvalue weighted by Crippen LogP contribution is -2.34. The second-order valence-corrected chi connectivity index (χ2v) is 5.15. The predicted octanol–water partition coefficient (Wildman–Crippen LogP) is 2.65. The average molecular weight is 195 g/mol. The van der Waals surface area contributed by atoms with Gasteiger partial charge in [-0.1, -0.05) is 32.4 Å². The van der Waals surface area contributed by atoms with Crippen LogP contribution in [0.4, 0.5) is 0 Å². The number of rotatable bonds is 1. The van der Waals surface area contributed by atoms with Crippen LogP contribution in [0.3, 0.4) is 0 Å². The lowest BCUT2D eigenvalue weighted by Gasteiger charge is -2.29. The van der Waals surface area contributed by atoms with Crippen LogP contribution in [-0.2, 0) is 4.79 Å². The Morgan fingerprint density at radius 3 is 2.50 bits per heavy atom. The van der Waals surface area contributed by atoms with Crippen molar-refractivity contribution in [1.29, 1.82) is 0 Å². The smallest absolute Gasteiger partial charge is 0.217 e. The maximum Gasteiger partial charge on any atom is 0.217 e. The van der Waals surface area contributed by atoms with Gasteiger partial charge in [0.25, 0.3) is 0 Å². The molecule has 0 saturated heterocycles. The molecule has 2 nitrogen and oxygen atoms in total. The summed E-state index contributed by atoms with van der Waals surface area (Å²) >= 11 is 0. The molecule has 0 heterocycles. The molecule has 1 rings (SSSR count). The van der Waals surface area contributed by atoms with Gasteiger partial charge in [-0.3, -0.25) is 4.79 Å². The normalized spacial score (nSPS) is 22.9. The number of nitrogens with one attached hydrogen (secondary N) is 1. The molecule has 1 aliphatic carbocycles. The van der Waals surface area contributed by atoms with Gasteiger partial charge in [-0.15, -0.1) is 0 Å². The molecule has 0 spiro atoms. The van der Waals surface area contributed by atoms with Gasteiger partial charge in [0.05, 0.1) is 0 Å². The van der Waals surface area contributed by atoms with Crippen molar-refractivity contribution < 1.29 is 4.79 Å². The van der Waals surface area contributed by atoms with Gasteiger partial charge in [-0.05, 0) is 24.7 Å². The highest BCUT2D eigenvalue weighted by Crippen LogP contribution is 2.32. The van der Waals surface area contributed by atoms with Crippen LogP contribution in [0.2, 0.25) is 0 Å². The molecule has 1 amide bonds. The van der Waals surface area contributed by atoms with E-state index in [2.05, 4.69) is 32.2 Å². The van der Waals surface area contributed by atoms with E-state index in [1.165, 1.54) is 5.57 Å². The summed E-state index contributed by atoms with van der Waals surface area (Å²) in [5.74, 6) is 0.0857. The van der Waals surface area contributed by atoms with Gasteiger partial charge >= 0.3 is 0 Å². The Hall–Kier alpha value is -0.790. The van der Waals surface area contributed by atoms with E-state index in [0.29, 0.717) is 11.5 Å². The molecule has 0 radical (unpaired) electrons. The van der Waals surface area contributed by atoms with E-state index in [0.717, 1.165) is 19.3 Å². The third-order valence-electron chi connectivity index (χ3n) is 2.78. The highest BCUT2D eigenvalue weighted by molar-refractivity contribution is 5.73. The number of hydrogen-bond donors (Lipinski definition) is 1. The van der Waals surface area contributed by atoms with Crippen LogP contribution in [0, 0.1) is 5.41 Å². The van der Waals surface area contributed by atoms with E-state index in [1.807, 2.05) is 0 Å². The third-order valence-corrected chi connectivity index (χ3v) is 2.78. The number of carbonyl (C=O) groups is 1. The van der Waals surface area contributed by atoms with E-state index < -0.39 is 0 Å². The van der Waals surface area contributed by atoms with Crippen molar-refractivity contribution in [3.05, 3.63) is 11.6 Å². The fourth-order valence-corrected chi connectivity index (χ4v) is 1.93. The number of hydrogen-bond acceptors (Lipinski definition) is 1. The molecule has 80 valence electrons. The lowest BCUT2D eigenvalue weighted by molar-refractivity contribution is -0.119. The van der Waals surface area contributed by atoms with Crippen LogP contribution in [0.15, 0.2) is 11.6 Å². The quantitative estimate of drug-likeness (QED) is 0.640. The van der Waals surface area contributed by atoms with E-state index in [1.54, 1.807) is 6.92 Å². The Kier molecular flexibility index (Phi) is 3.35. The third kappa shape index (κ3) is 3.17. The number of allylic oxidation sites excluding steroid dienone is 1. The molecular formula is C12H21NO. The zero-order chi connectivity index (χ0) is 10.8. The monoisotopic (exact) mass is 195 g/mol. The predicted molar refractivity (Wildman–Crippen MR) is 59.0 cm³/mol. The fraction of sp³-hybridized carbons (Fsp3) is 0.750. The lowest BCUT2D eigenvalue weighted by atomic mass is 9.79. The van der Waals surface area contributed by atoms with Crippen LogP contribution >= 0.6 is 0 Å². The van der Waals surface area contributed by atoms with Crippen molar-refractivity contribution in [2.24, 2.45) is 5.41 Å². The molecule has 1 N–H and O–H groups in total. The minimum absolute atomic E-state index is 0.0857. The minimum atomic E-state index is 0.0857. The molecule has 0 unspecified atom stereocenters. The standard InChI is InChI=1S/C12H21NO/c1-9(14)13-11-7-5-10(6-8-11)12(2,3)4/h5,11H,6-8H2,1-4H3,(H,13,14)/t11-/m0/s1. The highest BCUT2D eigenvalue weighted by atomic mass is 16.1. The second-order valence-electron chi connectivity index (χ2n) is 5.15. The van der Waals surface area contributed by atoms with Gasteiger partial charge in [-0.2, -0.15) is 0 Å². The first-order valence-electron chi connectivity index (χ1n) is 5.36. The van der Waals surface area contributed by atoms with Crippen LogP contribution in [0.5, 0.6) is 0 Å². The maximum absolute atomic E-state index is 10.9. The minimum Gasteiger partial charge on any atom is -0.353 e. The average Bonchev–Trinajstić information content (AvgIpc) is 2.02. The van der Waals surface area contributed by atoms with E-state index in [9.17, 15) is 4.79 Å². The fourth-order valence-electron chi connectivity index (χ4n) is 1.93. The van der Waals surface area contributed by atoms with Gasteiger partial charge in [-0.25, -0.2) is 0 Å². The van der Waals surface area contributed by atoms with Gasteiger partial charge in [0.2, 0.25) is 5.91 Å². The summed E-state index contributed by atoms with van der Waals surface area (Å²) in [5.41, 5.74) is 1.82. The molecule has 1 atom stereocenters. The SMILES string of the molecule is CC(=O)N[C@H]1CC=C(C(C)(C)C)CC1. The molecule has 2 heteroatoms. The van der Waals surface area contributed by atoms with Gasteiger partial charge in [0.15, 0.2) is 0 Å². The second kappa shape index (κ2) is 4.16. The maximum atomic E-state index is 10.9. The van der Waals surface area contributed by atoms with Crippen LogP contribution in [0.1, 0.15) is 47.0 Å². The molecule has 0 saturated carbocycles. The van der Waals surface area contributed by atoms with E-state index >= 15 is 0 Å². The van der Waals surface area contributed by atoms with Crippen molar-refractivity contribution in [3.63, 3.8) is 0 Å². The molecule has 14 heavy (non-hydrogen) atoms. The molecule has 0 aromatic rings. The summed E-state index contributed by atoms with van der Waals surface area (Å²) in [6.45, 7) is 8.33. The first kappa shape index (κ1) is 11.3. The molecule has 1 aliphatic rings. The first-order chi connectivity index (χ1) is 6.39. The summed E-state index contributed by atoms with van der Waals surface area (Å²) in [7, 11) is 0. The van der Waals surface area contributed by atoms with Crippen molar-refractivity contribution in [2.45, 2.75) is 53.0 Å². The Morgan fingerprint density at radius 2 is 2.14 bits per heavy atom. The zero-order valence-electron chi connectivity index (χ0n) is 9.68. The van der Waals surface area contributed by atoms with E-state index in [4.69, 9.17) is 0 Å². The highest BCUT2D eigenvalue weighted by Gasteiger charge is 2.22. The Labute approximate surface area is 86.8 Å². The summed E-state index contributed by atoms with van der Waals surface area (Å²) in [6, 6.07) is 0.360. The van der Waals surface area contributed by atoms with Crippen LogP contribution in [-0.4, -0.2) is 11.9 Å². The van der Waals surface area contributed by atoms with Gasteiger partial charge < -0.3 is 5.32 Å². The Morgan fingerprint density at radius 1 is 1.50 bits per heavy atom.